The first-order valence-corrected chi connectivity index (χ1v) is 7.90. The zero-order valence-electron chi connectivity index (χ0n) is 14.6. The molecule has 0 unspecified atom stereocenters. The predicted octanol–water partition coefficient (Wildman–Crippen LogP) is 3.56. The van der Waals surface area contributed by atoms with E-state index in [1.165, 1.54) is 18.2 Å². The summed E-state index contributed by atoms with van der Waals surface area (Å²) in [5.74, 6) is 1.33. The summed E-state index contributed by atoms with van der Waals surface area (Å²) in [6.45, 7) is 5.26. The van der Waals surface area contributed by atoms with Crippen LogP contribution in [0.4, 0.5) is 5.69 Å². The lowest BCUT2D eigenvalue weighted by molar-refractivity contribution is -0.384. The second kappa shape index (κ2) is 6.83. The summed E-state index contributed by atoms with van der Waals surface area (Å²) in [5, 5.41) is 14.8. The number of Topliss-reactive ketones (excluding diaryl/α,β-unsaturated/α-hetero) is 1. The first kappa shape index (κ1) is 17.4. The van der Waals surface area contributed by atoms with Crippen molar-refractivity contribution in [2.24, 2.45) is 0 Å². The van der Waals surface area contributed by atoms with Gasteiger partial charge in [0, 0.05) is 29.1 Å². The number of benzene rings is 1. The fourth-order valence-corrected chi connectivity index (χ4v) is 2.77. The smallest absolute Gasteiger partial charge is 0.273 e. The van der Waals surface area contributed by atoms with Crippen LogP contribution in [0.25, 0.3) is 5.82 Å². The van der Waals surface area contributed by atoms with Crippen LogP contribution in [0, 0.1) is 30.9 Å². The van der Waals surface area contributed by atoms with Gasteiger partial charge in [-0.2, -0.15) is 0 Å². The van der Waals surface area contributed by atoms with Crippen LogP contribution >= 0.6 is 0 Å². The van der Waals surface area contributed by atoms with Crippen molar-refractivity contribution in [3.05, 3.63) is 69.2 Å². The van der Waals surface area contributed by atoms with Gasteiger partial charge in [0.25, 0.3) is 5.69 Å². The van der Waals surface area contributed by atoms with Gasteiger partial charge in [-0.25, -0.2) is 0 Å². The van der Waals surface area contributed by atoms with E-state index in [9.17, 15) is 14.9 Å². The molecule has 3 aromatic rings. The molecule has 2 aromatic heterocycles. The van der Waals surface area contributed by atoms with Crippen LogP contribution in [0.5, 0.6) is 5.75 Å². The molecule has 8 nitrogen and oxygen atoms in total. The van der Waals surface area contributed by atoms with E-state index < -0.39 is 4.92 Å². The molecule has 0 atom stereocenters. The van der Waals surface area contributed by atoms with Crippen LogP contribution < -0.4 is 4.74 Å². The van der Waals surface area contributed by atoms with Gasteiger partial charge in [0.1, 0.15) is 11.5 Å². The number of carbonyl (C=O) groups is 1. The maximum atomic E-state index is 12.5. The Morgan fingerprint density at radius 3 is 2.69 bits per heavy atom. The normalized spacial score (nSPS) is 10.7. The van der Waals surface area contributed by atoms with Crippen molar-refractivity contribution in [3.8, 4) is 11.6 Å². The minimum atomic E-state index is -0.512. The van der Waals surface area contributed by atoms with Crippen LogP contribution in [0.1, 0.15) is 27.5 Å². The number of carbonyl (C=O) groups excluding carboxylic acids is 1. The van der Waals surface area contributed by atoms with Crippen LogP contribution in [0.15, 0.2) is 40.9 Å². The third-order valence-electron chi connectivity index (χ3n) is 3.97. The van der Waals surface area contributed by atoms with Gasteiger partial charge in [-0.3, -0.25) is 19.5 Å². The summed E-state index contributed by atoms with van der Waals surface area (Å²) in [7, 11) is 0. The Morgan fingerprint density at radius 1 is 1.27 bits per heavy atom. The molecule has 0 aliphatic rings. The lowest BCUT2D eigenvalue weighted by atomic mass is 10.1. The monoisotopic (exact) mass is 355 g/mol. The molecule has 3 rings (SSSR count). The Hall–Kier alpha value is -3.42. The Kier molecular flexibility index (Phi) is 4.57. The third-order valence-corrected chi connectivity index (χ3v) is 3.97. The van der Waals surface area contributed by atoms with Gasteiger partial charge < -0.3 is 9.26 Å². The average Bonchev–Trinajstić information content (AvgIpc) is 3.15. The van der Waals surface area contributed by atoms with Crippen LogP contribution in [0.3, 0.4) is 0 Å². The largest absolute Gasteiger partial charge is 0.485 e. The van der Waals surface area contributed by atoms with E-state index in [0.29, 0.717) is 17.1 Å². The molecule has 0 saturated carbocycles. The molecular formula is C18H17N3O5. The van der Waals surface area contributed by atoms with Crippen molar-refractivity contribution in [1.82, 2.24) is 9.72 Å². The summed E-state index contributed by atoms with van der Waals surface area (Å²) in [5.41, 5.74) is 1.99. The highest BCUT2D eigenvalue weighted by atomic mass is 16.6. The lowest BCUT2D eigenvalue weighted by Gasteiger charge is -2.07. The van der Waals surface area contributed by atoms with E-state index in [-0.39, 0.29) is 23.8 Å². The highest BCUT2D eigenvalue weighted by Crippen LogP contribution is 2.22. The fraction of sp³-hybridized carbons (Fsp3) is 0.222. The van der Waals surface area contributed by atoms with Gasteiger partial charge in [-0.15, -0.1) is 0 Å². The molecule has 0 saturated heterocycles. The maximum Gasteiger partial charge on any atom is 0.273 e. The molecule has 0 bridgehead atoms. The second-order valence-corrected chi connectivity index (χ2v) is 5.88. The molecule has 0 aliphatic heterocycles. The SMILES string of the molecule is Cc1cc(-n2c(C)cc(C(=O)COc3cccc([N+](=O)[O-])c3)c2C)no1. The van der Waals surface area contributed by atoms with Gasteiger partial charge >= 0.3 is 0 Å². The Morgan fingerprint density at radius 2 is 2.04 bits per heavy atom. The summed E-state index contributed by atoms with van der Waals surface area (Å²) in [6, 6.07) is 9.28. The molecule has 2 heterocycles. The molecular weight excluding hydrogens is 338 g/mol. The van der Waals surface area contributed by atoms with Gasteiger partial charge in [0.05, 0.1) is 11.0 Å². The van der Waals surface area contributed by atoms with Crippen molar-refractivity contribution in [2.45, 2.75) is 20.8 Å². The van der Waals surface area contributed by atoms with Crippen LogP contribution in [0.2, 0.25) is 0 Å². The highest BCUT2D eigenvalue weighted by molar-refractivity contribution is 5.98. The quantitative estimate of drug-likeness (QED) is 0.381. The van der Waals surface area contributed by atoms with E-state index in [4.69, 9.17) is 9.26 Å². The number of ketones is 1. The zero-order chi connectivity index (χ0) is 18.8. The van der Waals surface area contributed by atoms with Gasteiger partial charge in [0.15, 0.2) is 12.4 Å². The van der Waals surface area contributed by atoms with E-state index in [0.717, 1.165) is 11.4 Å². The first-order chi connectivity index (χ1) is 12.4. The molecule has 0 aliphatic carbocycles. The van der Waals surface area contributed by atoms with E-state index >= 15 is 0 Å². The van der Waals surface area contributed by atoms with Crippen molar-refractivity contribution in [3.63, 3.8) is 0 Å². The van der Waals surface area contributed by atoms with E-state index in [1.54, 1.807) is 25.1 Å². The number of aryl methyl sites for hydroxylation is 2. The molecule has 26 heavy (non-hydrogen) atoms. The van der Waals surface area contributed by atoms with Crippen molar-refractivity contribution in [2.75, 3.05) is 6.61 Å². The van der Waals surface area contributed by atoms with Crippen LogP contribution in [-0.2, 0) is 0 Å². The highest BCUT2D eigenvalue weighted by Gasteiger charge is 2.19. The van der Waals surface area contributed by atoms with Gasteiger partial charge in [0.2, 0.25) is 5.78 Å². The Bertz CT molecular complexity index is 987. The number of non-ortho nitro benzene ring substituents is 1. The predicted molar refractivity (Wildman–Crippen MR) is 93.0 cm³/mol. The molecule has 0 fully saturated rings. The average molecular weight is 355 g/mol. The maximum absolute atomic E-state index is 12.5. The van der Waals surface area contributed by atoms with E-state index in [1.807, 2.05) is 18.4 Å². The number of nitro benzene ring substituents is 1. The molecule has 0 radical (unpaired) electrons. The summed E-state index contributed by atoms with van der Waals surface area (Å²) in [6.07, 6.45) is 0. The number of aromatic nitrogens is 2. The first-order valence-electron chi connectivity index (χ1n) is 7.90. The van der Waals surface area contributed by atoms with E-state index in [2.05, 4.69) is 5.16 Å². The fourth-order valence-electron chi connectivity index (χ4n) is 2.77. The molecule has 0 N–H and O–H groups in total. The molecule has 8 heteroatoms. The number of nitro groups is 1. The van der Waals surface area contributed by atoms with Crippen molar-refractivity contribution in [1.29, 1.82) is 0 Å². The van der Waals surface area contributed by atoms with Gasteiger partial charge in [-0.05, 0) is 32.9 Å². The van der Waals surface area contributed by atoms with Gasteiger partial charge in [-0.1, -0.05) is 11.2 Å². The second-order valence-electron chi connectivity index (χ2n) is 5.88. The van der Waals surface area contributed by atoms with Crippen molar-refractivity contribution < 1.29 is 19.0 Å². The minimum Gasteiger partial charge on any atom is -0.485 e. The number of ether oxygens (including phenoxy) is 1. The summed E-state index contributed by atoms with van der Waals surface area (Å²) >= 11 is 0. The molecule has 1 aromatic carbocycles. The summed E-state index contributed by atoms with van der Waals surface area (Å²) in [4.78, 5) is 22.8. The standard InChI is InChI=1S/C18H17N3O5/c1-11-7-16(13(3)20(11)18-8-12(2)26-19-18)17(22)10-25-15-6-4-5-14(9-15)21(23)24/h4-9H,10H2,1-3H3. The molecule has 0 spiro atoms. The number of hydrogen-bond donors (Lipinski definition) is 0. The topological polar surface area (TPSA) is 100 Å². The van der Waals surface area contributed by atoms with Crippen LogP contribution in [-0.4, -0.2) is 27.0 Å². The number of nitrogens with zero attached hydrogens (tertiary/aromatic N) is 3. The minimum absolute atomic E-state index is 0.0884. The number of hydrogen-bond acceptors (Lipinski definition) is 6. The Labute approximate surface area is 149 Å². The third kappa shape index (κ3) is 3.34. The Balaban J connectivity index is 1.79. The molecule has 134 valence electrons. The molecule has 0 amide bonds. The zero-order valence-corrected chi connectivity index (χ0v) is 14.6. The number of rotatable bonds is 6. The lowest BCUT2D eigenvalue weighted by Crippen LogP contribution is -2.13. The van der Waals surface area contributed by atoms with Crippen molar-refractivity contribution >= 4 is 11.5 Å². The summed E-state index contributed by atoms with van der Waals surface area (Å²) < 4.78 is 12.4.